The molecule has 1 aromatic rings. The summed E-state index contributed by atoms with van der Waals surface area (Å²) >= 11 is 2.24. The molecule has 1 aliphatic heterocycles. The van der Waals surface area contributed by atoms with Crippen LogP contribution in [0.25, 0.3) is 0 Å². The molecule has 0 bridgehead atoms. The zero-order chi connectivity index (χ0) is 13.7. The number of carbonyl (C=O) groups is 1. The lowest BCUT2D eigenvalue weighted by atomic mass is 10.1. The van der Waals surface area contributed by atoms with Gasteiger partial charge in [0.15, 0.2) is 0 Å². The Labute approximate surface area is 128 Å². The van der Waals surface area contributed by atoms with E-state index in [4.69, 9.17) is 0 Å². The van der Waals surface area contributed by atoms with Crippen molar-refractivity contribution in [2.75, 3.05) is 26.2 Å². The molecule has 4 heteroatoms. The van der Waals surface area contributed by atoms with Gasteiger partial charge in [-0.15, -0.1) is 0 Å². The molecule has 1 atom stereocenters. The first-order valence-electron chi connectivity index (χ1n) is 6.91. The van der Waals surface area contributed by atoms with E-state index in [0.29, 0.717) is 5.92 Å². The molecule has 1 N–H and O–H groups in total. The van der Waals surface area contributed by atoms with Gasteiger partial charge in [-0.1, -0.05) is 6.92 Å². The van der Waals surface area contributed by atoms with Crippen molar-refractivity contribution in [1.82, 2.24) is 10.2 Å². The molecular formula is C15H21IN2O. The van der Waals surface area contributed by atoms with E-state index in [-0.39, 0.29) is 5.91 Å². The lowest BCUT2D eigenvalue weighted by molar-refractivity contribution is 0.0945. The summed E-state index contributed by atoms with van der Waals surface area (Å²) in [7, 11) is 0. The van der Waals surface area contributed by atoms with Gasteiger partial charge in [0, 0.05) is 22.2 Å². The van der Waals surface area contributed by atoms with Gasteiger partial charge in [0.1, 0.15) is 0 Å². The van der Waals surface area contributed by atoms with E-state index in [2.05, 4.69) is 39.7 Å². The minimum atomic E-state index is 0.0321. The van der Waals surface area contributed by atoms with Crippen LogP contribution in [0.5, 0.6) is 0 Å². The maximum absolute atomic E-state index is 12.0. The second kappa shape index (κ2) is 7.24. The van der Waals surface area contributed by atoms with Crippen LogP contribution >= 0.6 is 22.6 Å². The number of hydrogen-bond donors (Lipinski definition) is 1. The van der Waals surface area contributed by atoms with Crippen molar-refractivity contribution in [1.29, 1.82) is 0 Å². The summed E-state index contributed by atoms with van der Waals surface area (Å²) in [4.78, 5) is 14.5. The molecule has 3 nitrogen and oxygen atoms in total. The maximum Gasteiger partial charge on any atom is 0.251 e. The molecular weight excluding hydrogens is 351 g/mol. The maximum atomic E-state index is 12.0. The average Bonchev–Trinajstić information content (AvgIpc) is 2.89. The monoisotopic (exact) mass is 372 g/mol. The van der Waals surface area contributed by atoms with Crippen LogP contribution in [0.4, 0.5) is 0 Å². The van der Waals surface area contributed by atoms with Crippen molar-refractivity contribution in [2.24, 2.45) is 5.92 Å². The van der Waals surface area contributed by atoms with Gasteiger partial charge in [0.2, 0.25) is 0 Å². The minimum absolute atomic E-state index is 0.0321. The third kappa shape index (κ3) is 4.76. The highest BCUT2D eigenvalue weighted by atomic mass is 127. The number of carbonyl (C=O) groups excluding carboxylic acids is 1. The van der Waals surface area contributed by atoms with Crippen LogP contribution in [0.15, 0.2) is 24.3 Å². The van der Waals surface area contributed by atoms with Crippen LogP contribution in [-0.4, -0.2) is 37.0 Å². The van der Waals surface area contributed by atoms with E-state index in [0.717, 1.165) is 22.2 Å². The molecule has 19 heavy (non-hydrogen) atoms. The topological polar surface area (TPSA) is 32.3 Å². The van der Waals surface area contributed by atoms with Crippen molar-refractivity contribution in [3.63, 3.8) is 0 Å². The Kier molecular flexibility index (Phi) is 5.63. The van der Waals surface area contributed by atoms with Gasteiger partial charge in [-0.2, -0.15) is 0 Å². The molecule has 1 aliphatic rings. The van der Waals surface area contributed by atoms with E-state index >= 15 is 0 Å². The average molecular weight is 372 g/mol. The Bertz CT molecular complexity index is 413. The lowest BCUT2D eigenvalue weighted by Gasteiger charge is -2.20. The smallest absolute Gasteiger partial charge is 0.251 e. The second-order valence-corrected chi connectivity index (χ2v) is 6.58. The van der Waals surface area contributed by atoms with Crippen LogP contribution in [0, 0.1) is 9.49 Å². The summed E-state index contributed by atoms with van der Waals surface area (Å²) in [5, 5.41) is 3.02. The molecule has 1 amide bonds. The largest absolute Gasteiger partial charge is 0.352 e. The molecule has 1 fully saturated rings. The zero-order valence-corrected chi connectivity index (χ0v) is 13.5. The van der Waals surface area contributed by atoms with E-state index in [9.17, 15) is 4.79 Å². The number of nitrogens with zero attached hydrogens (tertiary/aromatic N) is 1. The first kappa shape index (κ1) is 14.8. The van der Waals surface area contributed by atoms with Gasteiger partial charge in [0.05, 0.1) is 0 Å². The van der Waals surface area contributed by atoms with Crippen molar-refractivity contribution in [3.05, 3.63) is 33.4 Å². The molecule has 0 aliphatic carbocycles. The third-order valence-corrected chi connectivity index (χ3v) is 4.21. The van der Waals surface area contributed by atoms with Gasteiger partial charge < -0.3 is 10.2 Å². The second-order valence-electron chi connectivity index (χ2n) is 5.33. The zero-order valence-electron chi connectivity index (χ0n) is 11.4. The fraction of sp³-hybridized carbons (Fsp3) is 0.533. The SMILES string of the molecule is CC(CNC(=O)c1ccc(I)cc1)CN1CCCC1. The van der Waals surface area contributed by atoms with Crippen molar-refractivity contribution in [3.8, 4) is 0 Å². The van der Waals surface area contributed by atoms with Crippen LogP contribution < -0.4 is 5.32 Å². The summed E-state index contributed by atoms with van der Waals surface area (Å²) in [6.07, 6.45) is 2.64. The number of rotatable bonds is 5. The quantitative estimate of drug-likeness (QED) is 0.807. The Hall–Kier alpha value is -0.620. The van der Waals surface area contributed by atoms with Crippen molar-refractivity contribution < 1.29 is 4.79 Å². The third-order valence-electron chi connectivity index (χ3n) is 3.49. The van der Waals surface area contributed by atoms with Gasteiger partial charge in [-0.3, -0.25) is 4.79 Å². The van der Waals surface area contributed by atoms with Crippen molar-refractivity contribution in [2.45, 2.75) is 19.8 Å². The Balaban J connectivity index is 1.74. The van der Waals surface area contributed by atoms with Gasteiger partial charge in [-0.05, 0) is 78.7 Å². The summed E-state index contributed by atoms with van der Waals surface area (Å²) in [6.45, 7) is 6.48. The molecule has 0 radical (unpaired) electrons. The molecule has 0 aromatic heterocycles. The molecule has 1 unspecified atom stereocenters. The van der Waals surface area contributed by atoms with E-state index in [1.165, 1.54) is 25.9 Å². The number of likely N-dealkylation sites (tertiary alicyclic amines) is 1. The lowest BCUT2D eigenvalue weighted by Crippen LogP contribution is -2.34. The summed E-state index contributed by atoms with van der Waals surface area (Å²) in [6, 6.07) is 7.68. The number of halogens is 1. The van der Waals surface area contributed by atoms with Gasteiger partial charge >= 0.3 is 0 Å². The predicted molar refractivity (Wildman–Crippen MR) is 86.3 cm³/mol. The Morgan fingerprint density at radius 1 is 1.32 bits per heavy atom. The standard InChI is InChI=1S/C15H21IN2O/c1-12(11-18-8-2-3-9-18)10-17-15(19)13-4-6-14(16)7-5-13/h4-7,12H,2-3,8-11H2,1H3,(H,17,19). The highest BCUT2D eigenvalue weighted by Gasteiger charge is 2.15. The molecule has 1 saturated heterocycles. The number of amides is 1. The minimum Gasteiger partial charge on any atom is -0.352 e. The summed E-state index contributed by atoms with van der Waals surface area (Å²) in [5.41, 5.74) is 0.744. The molecule has 1 heterocycles. The molecule has 104 valence electrons. The number of hydrogen-bond acceptors (Lipinski definition) is 2. The first-order chi connectivity index (χ1) is 9.15. The molecule has 1 aromatic carbocycles. The Morgan fingerprint density at radius 3 is 2.58 bits per heavy atom. The van der Waals surface area contributed by atoms with E-state index < -0.39 is 0 Å². The Morgan fingerprint density at radius 2 is 1.95 bits per heavy atom. The van der Waals surface area contributed by atoms with Crippen LogP contribution in [0.2, 0.25) is 0 Å². The van der Waals surface area contributed by atoms with Gasteiger partial charge in [-0.25, -0.2) is 0 Å². The first-order valence-corrected chi connectivity index (χ1v) is 7.99. The summed E-state index contributed by atoms with van der Waals surface area (Å²) < 4.78 is 1.15. The van der Waals surface area contributed by atoms with Crippen molar-refractivity contribution >= 4 is 28.5 Å². The summed E-state index contributed by atoms with van der Waals surface area (Å²) in [5.74, 6) is 0.538. The van der Waals surface area contributed by atoms with Gasteiger partial charge in [0.25, 0.3) is 5.91 Å². The van der Waals surface area contributed by atoms with E-state index in [1.54, 1.807) is 0 Å². The fourth-order valence-corrected chi connectivity index (χ4v) is 2.80. The molecule has 0 saturated carbocycles. The van der Waals surface area contributed by atoms with Crippen LogP contribution in [0.3, 0.4) is 0 Å². The highest BCUT2D eigenvalue weighted by molar-refractivity contribution is 14.1. The normalized spacial score (nSPS) is 17.4. The number of nitrogens with one attached hydrogen (secondary N) is 1. The number of benzene rings is 1. The fourth-order valence-electron chi connectivity index (χ4n) is 2.44. The molecule has 0 spiro atoms. The van der Waals surface area contributed by atoms with Crippen LogP contribution in [0.1, 0.15) is 30.1 Å². The molecule has 2 rings (SSSR count). The van der Waals surface area contributed by atoms with Crippen LogP contribution in [-0.2, 0) is 0 Å². The highest BCUT2D eigenvalue weighted by Crippen LogP contribution is 2.10. The van der Waals surface area contributed by atoms with E-state index in [1.807, 2.05) is 24.3 Å². The predicted octanol–water partition coefficient (Wildman–Crippen LogP) is 2.75.